The van der Waals surface area contributed by atoms with E-state index in [0.29, 0.717) is 5.92 Å². The molecule has 0 spiro atoms. The zero-order valence-corrected chi connectivity index (χ0v) is 9.68. The molecule has 0 aliphatic carbocycles. The summed E-state index contributed by atoms with van der Waals surface area (Å²) < 4.78 is 0. The number of rotatable bonds is 7. The van der Waals surface area contributed by atoms with Crippen molar-refractivity contribution in [2.24, 2.45) is 11.7 Å². The lowest BCUT2D eigenvalue weighted by Crippen LogP contribution is -2.42. The van der Waals surface area contributed by atoms with Crippen molar-refractivity contribution in [3.63, 3.8) is 0 Å². The molecule has 3 nitrogen and oxygen atoms in total. The molecule has 14 heavy (non-hydrogen) atoms. The second kappa shape index (κ2) is 7.80. The Kier molecular flexibility index (Phi) is 7.48. The summed E-state index contributed by atoms with van der Waals surface area (Å²) in [6.45, 7) is 7.09. The molecule has 0 rings (SSSR count). The van der Waals surface area contributed by atoms with Crippen molar-refractivity contribution in [3.8, 4) is 0 Å². The highest BCUT2D eigenvalue weighted by Gasteiger charge is 2.12. The highest BCUT2D eigenvalue weighted by molar-refractivity contribution is 5.81. The fraction of sp³-hybridized carbons (Fsp3) is 0.909. The number of hydrogen-bond acceptors (Lipinski definition) is 2. The summed E-state index contributed by atoms with van der Waals surface area (Å²) in [5.74, 6) is 0.589. The largest absolute Gasteiger partial charge is 0.354 e. The molecule has 0 radical (unpaired) electrons. The van der Waals surface area contributed by atoms with Crippen LogP contribution in [0.4, 0.5) is 0 Å². The standard InChI is InChI=1S/C11H24N2O/c1-4-7-10(12)11(14)13-8-9(5-2)6-3/h9-10H,4-8,12H2,1-3H3,(H,13,14)/t10-/m0/s1. The van der Waals surface area contributed by atoms with E-state index in [1.54, 1.807) is 0 Å². The van der Waals surface area contributed by atoms with Crippen molar-refractivity contribution < 1.29 is 4.79 Å². The molecule has 0 heterocycles. The summed E-state index contributed by atoms with van der Waals surface area (Å²) in [5.41, 5.74) is 5.68. The SMILES string of the molecule is CCC[C@H](N)C(=O)NCC(CC)CC. The van der Waals surface area contributed by atoms with Crippen LogP contribution in [0.2, 0.25) is 0 Å². The van der Waals surface area contributed by atoms with Gasteiger partial charge < -0.3 is 11.1 Å². The van der Waals surface area contributed by atoms with Crippen LogP contribution >= 0.6 is 0 Å². The average molecular weight is 200 g/mol. The molecule has 1 amide bonds. The minimum Gasteiger partial charge on any atom is -0.354 e. The molecule has 0 aromatic carbocycles. The van der Waals surface area contributed by atoms with E-state index in [2.05, 4.69) is 19.2 Å². The maximum absolute atomic E-state index is 11.4. The number of hydrogen-bond donors (Lipinski definition) is 2. The van der Waals surface area contributed by atoms with E-state index in [1.165, 1.54) is 0 Å². The van der Waals surface area contributed by atoms with Gasteiger partial charge in [0, 0.05) is 6.54 Å². The van der Waals surface area contributed by atoms with E-state index < -0.39 is 0 Å². The quantitative estimate of drug-likeness (QED) is 0.657. The van der Waals surface area contributed by atoms with E-state index in [4.69, 9.17) is 5.73 Å². The molecular weight excluding hydrogens is 176 g/mol. The van der Waals surface area contributed by atoms with Crippen molar-refractivity contribution in [2.45, 2.75) is 52.5 Å². The van der Waals surface area contributed by atoms with Crippen LogP contribution in [0.1, 0.15) is 46.5 Å². The Hall–Kier alpha value is -0.570. The fourth-order valence-corrected chi connectivity index (χ4v) is 1.40. The molecule has 0 bridgehead atoms. The number of amides is 1. The third kappa shape index (κ3) is 5.22. The third-order valence-corrected chi connectivity index (χ3v) is 2.66. The Bertz CT molecular complexity index is 155. The molecule has 0 aliphatic heterocycles. The molecule has 0 aliphatic rings. The minimum atomic E-state index is -0.325. The van der Waals surface area contributed by atoms with Gasteiger partial charge in [-0.2, -0.15) is 0 Å². The van der Waals surface area contributed by atoms with E-state index in [-0.39, 0.29) is 11.9 Å². The maximum Gasteiger partial charge on any atom is 0.236 e. The molecule has 0 saturated carbocycles. The summed E-state index contributed by atoms with van der Waals surface area (Å²) in [7, 11) is 0. The van der Waals surface area contributed by atoms with E-state index in [1.807, 2.05) is 6.92 Å². The summed E-state index contributed by atoms with van der Waals surface area (Å²) in [4.78, 5) is 11.4. The van der Waals surface area contributed by atoms with E-state index in [0.717, 1.165) is 32.2 Å². The maximum atomic E-state index is 11.4. The van der Waals surface area contributed by atoms with Gasteiger partial charge in [-0.25, -0.2) is 0 Å². The zero-order chi connectivity index (χ0) is 11.0. The molecule has 0 fully saturated rings. The first kappa shape index (κ1) is 13.4. The highest BCUT2D eigenvalue weighted by Crippen LogP contribution is 2.05. The molecule has 84 valence electrons. The number of nitrogens with two attached hydrogens (primary N) is 1. The highest BCUT2D eigenvalue weighted by atomic mass is 16.2. The Morgan fingerprint density at radius 3 is 2.29 bits per heavy atom. The Morgan fingerprint density at radius 1 is 1.29 bits per heavy atom. The topological polar surface area (TPSA) is 55.1 Å². The van der Waals surface area contributed by atoms with E-state index >= 15 is 0 Å². The van der Waals surface area contributed by atoms with Gasteiger partial charge in [-0.3, -0.25) is 4.79 Å². The minimum absolute atomic E-state index is 0.00116. The number of nitrogens with one attached hydrogen (secondary N) is 1. The van der Waals surface area contributed by atoms with Crippen LogP contribution in [0, 0.1) is 5.92 Å². The van der Waals surface area contributed by atoms with Gasteiger partial charge >= 0.3 is 0 Å². The Labute approximate surface area is 87.4 Å². The van der Waals surface area contributed by atoms with Crippen LogP contribution in [-0.4, -0.2) is 18.5 Å². The predicted octanol–water partition coefficient (Wildman–Crippen LogP) is 1.67. The molecule has 0 unspecified atom stereocenters. The van der Waals surface area contributed by atoms with Crippen molar-refractivity contribution in [1.82, 2.24) is 5.32 Å². The molecule has 3 heteroatoms. The van der Waals surface area contributed by atoms with Gasteiger partial charge in [0.1, 0.15) is 0 Å². The fourth-order valence-electron chi connectivity index (χ4n) is 1.40. The van der Waals surface area contributed by atoms with Gasteiger partial charge in [-0.15, -0.1) is 0 Å². The lowest BCUT2D eigenvalue weighted by atomic mass is 10.0. The van der Waals surface area contributed by atoms with Gasteiger partial charge in [0.2, 0.25) is 5.91 Å². The molecule has 3 N–H and O–H groups in total. The van der Waals surface area contributed by atoms with Crippen LogP contribution in [0.5, 0.6) is 0 Å². The third-order valence-electron chi connectivity index (χ3n) is 2.66. The zero-order valence-electron chi connectivity index (χ0n) is 9.68. The Morgan fingerprint density at radius 2 is 1.86 bits per heavy atom. The van der Waals surface area contributed by atoms with Gasteiger partial charge in [-0.1, -0.05) is 40.0 Å². The number of carbonyl (C=O) groups excluding carboxylic acids is 1. The molecule has 0 aromatic heterocycles. The van der Waals surface area contributed by atoms with Crippen LogP contribution in [0.15, 0.2) is 0 Å². The van der Waals surface area contributed by atoms with Crippen molar-refractivity contribution in [2.75, 3.05) is 6.54 Å². The van der Waals surface area contributed by atoms with Crippen LogP contribution in [-0.2, 0) is 4.79 Å². The summed E-state index contributed by atoms with van der Waals surface area (Å²) in [5, 5.41) is 2.91. The molecular formula is C11H24N2O. The molecule has 1 atom stereocenters. The van der Waals surface area contributed by atoms with Gasteiger partial charge in [0.25, 0.3) is 0 Å². The average Bonchev–Trinajstić information content (AvgIpc) is 2.19. The monoisotopic (exact) mass is 200 g/mol. The van der Waals surface area contributed by atoms with Crippen LogP contribution in [0.3, 0.4) is 0 Å². The van der Waals surface area contributed by atoms with Gasteiger partial charge in [0.05, 0.1) is 6.04 Å². The van der Waals surface area contributed by atoms with Crippen LogP contribution < -0.4 is 11.1 Å². The first-order valence-corrected chi connectivity index (χ1v) is 5.68. The smallest absolute Gasteiger partial charge is 0.236 e. The lowest BCUT2D eigenvalue weighted by Gasteiger charge is -2.15. The molecule has 0 saturated heterocycles. The van der Waals surface area contributed by atoms with Crippen LogP contribution in [0.25, 0.3) is 0 Å². The van der Waals surface area contributed by atoms with E-state index in [9.17, 15) is 4.79 Å². The van der Waals surface area contributed by atoms with Crippen molar-refractivity contribution in [1.29, 1.82) is 0 Å². The summed E-state index contributed by atoms with van der Waals surface area (Å²) in [6.07, 6.45) is 3.95. The van der Waals surface area contributed by atoms with Crippen molar-refractivity contribution >= 4 is 5.91 Å². The first-order chi connectivity index (χ1) is 6.65. The van der Waals surface area contributed by atoms with Gasteiger partial charge in [0.15, 0.2) is 0 Å². The van der Waals surface area contributed by atoms with Gasteiger partial charge in [-0.05, 0) is 12.3 Å². The second-order valence-corrected chi connectivity index (χ2v) is 3.82. The summed E-state index contributed by atoms with van der Waals surface area (Å²) in [6, 6.07) is -0.325. The predicted molar refractivity (Wildman–Crippen MR) is 60.0 cm³/mol. The molecule has 0 aromatic rings. The van der Waals surface area contributed by atoms with Crippen molar-refractivity contribution in [3.05, 3.63) is 0 Å². The first-order valence-electron chi connectivity index (χ1n) is 5.68. The lowest BCUT2D eigenvalue weighted by molar-refractivity contribution is -0.122. The summed E-state index contributed by atoms with van der Waals surface area (Å²) >= 11 is 0. The second-order valence-electron chi connectivity index (χ2n) is 3.82. The normalized spacial score (nSPS) is 12.9. The number of carbonyl (C=O) groups is 1. The Balaban J connectivity index is 3.71.